The zero-order chi connectivity index (χ0) is 12.8. The summed E-state index contributed by atoms with van der Waals surface area (Å²) in [6.45, 7) is 3.77. The topological polar surface area (TPSA) is 19.0 Å². The molecule has 20 heavy (non-hydrogen) atoms. The average Bonchev–Trinajstić information content (AvgIpc) is 2.83. The van der Waals surface area contributed by atoms with Crippen molar-refractivity contribution in [2.24, 2.45) is 5.92 Å². The van der Waals surface area contributed by atoms with E-state index in [-0.39, 0.29) is 13.2 Å². The molecule has 0 spiro atoms. The number of rotatable bonds is 3. The van der Waals surface area contributed by atoms with Crippen LogP contribution in [-0.2, 0) is 0 Å². The third-order valence-corrected chi connectivity index (χ3v) is 4.69. The largest absolute Gasteiger partial charge is 0.361 e. The van der Waals surface area contributed by atoms with Gasteiger partial charge < -0.3 is 9.88 Å². The van der Waals surface area contributed by atoms with E-state index < -0.39 is 0 Å². The van der Waals surface area contributed by atoms with Crippen molar-refractivity contribution >= 4 is 10.9 Å². The second kappa shape index (κ2) is 5.21. The van der Waals surface area contributed by atoms with Crippen LogP contribution < -0.4 is 0 Å². The third-order valence-electron chi connectivity index (χ3n) is 4.69. The highest BCUT2D eigenvalue weighted by Crippen LogP contribution is 2.50. The Balaban J connectivity index is 0.00000121. The van der Waals surface area contributed by atoms with Gasteiger partial charge in [0.2, 0.25) is 0 Å². The van der Waals surface area contributed by atoms with E-state index in [1.165, 1.54) is 50.5 Å². The van der Waals surface area contributed by atoms with Gasteiger partial charge in [0.15, 0.2) is 0 Å². The maximum absolute atomic E-state index is 13.4. The summed E-state index contributed by atoms with van der Waals surface area (Å²) in [5, 5.41) is 1.08. The molecule has 2 heterocycles. The Labute approximate surface area is 120 Å². The van der Waals surface area contributed by atoms with Gasteiger partial charge in [0, 0.05) is 23.6 Å². The average molecular weight is 274 g/mol. The molecule has 0 radical (unpaired) electrons. The van der Waals surface area contributed by atoms with E-state index >= 15 is 0 Å². The van der Waals surface area contributed by atoms with Crippen molar-refractivity contribution in [2.75, 3.05) is 19.6 Å². The molecule has 1 aromatic heterocycles. The van der Waals surface area contributed by atoms with Crippen molar-refractivity contribution in [3.8, 4) is 0 Å². The minimum absolute atomic E-state index is 0. The van der Waals surface area contributed by atoms with E-state index in [0.29, 0.717) is 5.92 Å². The minimum atomic E-state index is -0.134. The van der Waals surface area contributed by atoms with Gasteiger partial charge in [0.1, 0.15) is 5.82 Å². The first-order chi connectivity index (χ1) is 9.31. The fourth-order valence-electron chi connectivity index (χ4n) is 3.55. The lowest BCUT2D eigenvalue weighted by atomic mass is 10.1. The van der Waals surface area contributed by atoms with Crippen LogP contribution in [0.5, 0.6) is 0 Å². The number of nitrogens with zero attached hydrogens (tertiary/aromatic N) is 1. The molecular formula is C17H23FN2. The lowest BCUT2D eigenvalue weighted by Crippen LogP contribution is -2.22. The summed E-state index contributed by atoms with van der Waals surface area (Å²) >= 11 is 0. The molecular weight excluding hydrogens is 251 g/mol. The lowest BCUT2D eigenvalue weighted by Gasteiger charge is -2.13. The highest BCUT2D eigenvalue weighted by molar-refractivity contribution is 5.84. The number of nitrogens with one attached hydrogen (secondary N) is 1. The zero-order valence-corrected chi connectivity index (χ0v) is 11.0. The second-order valence-corrected chi connectivity index (χ2v) is 6.04. The van der Waals surface area contributed by atoms with Gasteiger partial charge in [-0.05, 0) is 68.0 Å². The van der Waals surface area contributed by atoms with E-state index in [0.717, 1.165) is 16.8 Å². The highest BCUT2D eigenvalue weighted by Gasteiger charge is 2.40. The predicted molar refractivity (Wildman–Crippen MR) is 81.5 cm³/mol. The predicted octanol–water partition coefficient (Wildman–Crippen LogP) is 4.14. The first-order valence-electron chi connectivity index (χ1n) is 7.30. The molecule has 1 aromatic carbocycles. The van der Waals surface area contributed by atoms with E-state index in [9.17, 15) is 4.39 Å². The smallest absolute Gasteiger partial charge is 0.123 e. The van der Waals surface area contributed by atoms with Crippen LogP contribution in [0.25, 0.3) is 10.9 Å². The number of benzene rings is 1. The van der Waals surface area contributed by atoms with Crippen molar-refractivity contribution in [3.05, 3.63) is 35.8 Å². The van der Waals surface area contributed by atoms with Gasteiger partial charge in [-0.1, -0.05) is 7.43 Å². The van der Waals surface area contributed by atoms with Crippen molar-refractivity contribution < 1.29 is 4.39 Å². The molecule has 2 nitrogen and oxygen atoms in total. The summed E-state index contributed by atoms with van der Waals surface area (Å²) in [4.78, 5) is 5.85. The zero-order valence-electron chi connectivity index (χ0n) is 11.0. The Morgan fingerprint density at radius 2 is 2.05 bits per heavy atom. The van der Waals surface area contributed by atoms with Crippen LogP contribution in [0.15, 0.2) is 24.4 Å². The molecule has 2 fully saturated rings. The first-order valence-corrected chi connectivity index (χ1v) is 7.30. The van der Waals surface area contributed by atoms with E-state index in [1.54, 1.807) is 6.07 Å². The van der Waals surface area contributed by atoms with Crippen LogP contribution in [0.4, 0.5) is 4.39 Å². The Morgan fingerprint density at radius 1 is 1.25 bits per heavy atom. The van der Waals surface area contributed by atoms with Gasteiger partial charge in [-0.3, -0.25) is 0 Å². The van der Waals surface area contributed by atoms with Gasteiger partial charge in [-0.25, -0.2) is 4.39 Å². The maximum Gasteiger partial charge on any atom is 0.123 e. The molecule has 0 amide bonds. The number of hydrogen-bond donors (Lipinski definition) is 1. The molecule has 2 aliphatic rings. The SMILES string of the molecule is C.Fc1ccc2[nH]cc(C3CC3CN3CCCC3)c2c1. The number of aromatic nitrogens is 1. The standard InChI is InChI=1S/C16H19FN2.CH4/c17-12-3-4-16-14(8-12)15(9-18-16)13-7-11(13)10-19-5-1-2-6-19;/h3-4,8-9,11,13,18H,1-2,5-7,10H2;1H4. The van der Waals surface area contributed by atoms with Gasteiger partial charge >= 0.3 is 0 Å². The summed E-state index contributed by atoms with van der Waals surface area (Å²) in [6, 6.07) is 5.04. The molecule has 0 bridgehead atoms. The van der Waals surface area contributed by atoms with E-state index in [4.69, 9.17) is 0 Å². The molecule has 1 N–H and O–H groups in total. The summed E-state index contributed by atoms with van der Waals surface area (Å²) in [6.07, 6.45) is 6.06. The van der Waals surface area contributed by atoms with Crippen LogP contribution in [-0.4, -0.2) is 29.5 Å². The fourth-order valence-corrected chi connectivity index (χ4v) is 3.55. The van der Waals surface area contributed by atoms with Crippen molar-refractivity contribution in [2.45, 2.75) is 32.6 Å². The maximum atomic E-state index is 13.4. The molecule has 1 aliphatic carbocycles. The van der Waals surface area contributed by atoms with E-state index in [1.807, 2.05) is 6.07 Å². The first kappa shape index (κ1) is 13.6. The second-order valence-electron chi connectivity index (χ2n) is 6.04. The summed E-state index contributed by atoms with van der Waals surface area (Å²) < 4.78 is 13.4. The monoisotopic (exact) mass is 274 g/mol. The van der Waals surface area contributed by atoms with E-state index in [2.05, 4.69) is 16.1 Å². The number of likely N-dealkylation sites (tertiary alicyclic amines) is 1. The molecule has 2 unspecified atom stereocenters. The number of hydrogen-bond acceptors (Lipinski definition) is 1. The molecule has 1 saturated heterocycles. The number of aromatic amines is 1. The van der Waals surface area contributed by atoms with Gasteiger partial charge in [-0.2, -0.15) is 0 Å². The quantitative estimate of drug-likeness (QED) is 0.891. The number of halogens is 1. The fraction of sp³-hybridized carbons (Fsp3) is 0.529. The van der Waals surface area contributed by atoms with Crippen LogP contribution in [0.2, 0.25) is 0 Å². The normalized spacial score (nSPS) is 25.9. The summed E-state index contributed by atoms with van der Waals surface area (Å²) in [7, 11) is 0. The summed E-state index contributed by atoms with van der Waals surface area (Å²) in [5.41, 5.74) is 2.38. The molecule has 3 heteroatoms. The minimum Gasteiger partial charge on any atom is -0.361 e. The lowest BCUT2D eigenvalue weighted by molar-refractivity contribution is 0.322. The van der Waals surface area contributed by atoms with Gasteiger partial charge in [0.05, 0.1) is 0 Å². The van der Waals surface area contributed by atoms with Crippen LogP contribution in [0.3, 0.4) is 0 Å². The molecule has 2 aromatic rings. The Morgan fingerprint density at radius 3 is 2.85 bits per heavy atom. The van der Waals surface area contributed by atoms with Crippen molar-refractivity contribution in [3.63, 3.8) is 0 Å². The Hall–Kier alpha value is -1.35. The van der Waals surface area contributed by atoms with Crippen molar-refractivity contribution in [1.82, 2.24) is 9.88 Å². The number of H-pyrrole nitrogens is 1. The van der Waals surface area contributed by atoms with Gasteiger partial charge in [0.25, 0.3) is 0 Å². The third kappa shape index (κ3) is 2.35. The van der Waals surface area contributed by atoms with Gasteiger partial charge in [-0.15, -0.1) is 0 Å². The van der Waals surface area contributed by atoms with Crippen LogP contribution in [0, 0.1) is 11.7 Å². The molecule has 2 atom stereocenters. The highest BCUT2D eigenvalue weighted by atomic mass is 19.1. The molecule has 4 rings (SSSR count). The van der Waals surface area contributed by atoms with Crippen LogP contribution >= 0.6 is 0 Å². The molecule has 1 aliphatic heterocycles. The Bertz CT molecular complexity index is 598. The van der Waals surface area contributed by atoms with Crippen molar-refractivity contribution in [1.29, 1.82) is 0 Å². The number of fused-ring (bicyclic) bond motifs is 1. The van der Waals surface area contributed by atoms with Crippen LogP contribution in [0.1, 0.15) is 38.2 Å². The molecule has 108 valence electrons. The summed E-state index contributed by atoms with van der Waals surface area (Å²) in [5.74, 6) is 1.28. The molecule has 1 saturated carbocycles. The Kier molecular flexibility index (Phi) is 3.55.